The number of nitrogens with one attached hydrogen (secondary N) is 1. The van der Waals surface area contributed by atoms with Crippen molar-refractivity contribution in [2.45, 2.75) is 32.4 Å². The summed E-state index contributed by atoms with van der Waals surface area (Å²) >= 11 is 0. The van der Waals surface area contributed by atoms with Crippen molar-refractivity contribution in [3.63, 3.8) is 0 Å². The van der Waals surface area contributed by atoms with Gasteiger partial charge in [0, 0.05) is 5.56 Å². The predicted molar refractivity (Wildman–Crippen MR) is 90.3 cm³/mol. The summed E-state index contributed by atoms with van der Waals surface area (Å²) in [4.78, 5) is 12.3. The van der Waals surface area contributed by atoms with Gasteiger partial charge in [0.05, 0.1) is 25.2 Å². The molecule has 0 aromatic heterocycles. The second kappa shape index (κ2) is 8.34. The Morgan fingerprint density at radius 3 is 2.39 bits per heavy atom. The number of para-hydroxylation sites is 1. The van der Waals surface area contributed by atoms with E-state index in [0.717, 1.165) is 16.9 Å². The molecule has 0 aliphatic carbocycles. The summed E-state index contributed by atoms with van der Waals surface area (Å²) in [5.41, 5.74) is 1.72. The van der Waals surface area contributed by atoms with Crippen LogP contribution < -0.4 is 10.1 Å². The Balaban J connectivity index is 2.04. The maximum atomic E-state index is 12.3. The second-order valence-electron chi connectivity index (χ2n) is 5.66. The molecule has 0 bridgehead atoms. The molecule has 0 aliphatic rings. The van der Waals surface area contributed by atoms with E-state index in [-0.39, 0.29) is 25.0 Å². The highest BCUT2D eigenvalue weighted by Gasteiger charge is 2.15. The number of rotatable bonds is 7. The van der Waals surface area contributed by atoms with Crippen LogP contribution in [-0.2, 0) is 11.2 Å². The van der Waals surface area contributed by atoms with Gasteiger partial charge in [0.1, 0.15) is 5.75 Å². The van der Waals surface area contributed by atoms with E-state index in [1.807, 2.05) is 68.4 Å². The molecule has 1 amide bonds. The van der Waals surface area contributed by atoms with Crippen LogP contribution in [0.2, 0.25) is 0 Å². The van der Waals surface area contributed by atoms with E-state index in [1.54, 1.807) is 0 Å². The number of benzene rings is 2. The molecule has 0 heterocycles. The van der Waals surface area contributed by atoms with Crippen molar-refractivity contribution in [3.05, 3.63) is 65.7 Å². The fourth-order valence-corrected chi connectivity index (χ4v) is 2.36. The first kappa shape index (κ1) is 17.0. The molecule has 23 heavy (non-hydrogen) atoms. The van der Waals surface area contributed by atoms with Crippen LogP contribution in [0.5, 0.6) is 5.75 Å². The Morgan fingerprint density at radius 1 is 1.09 bits per heavy atom. The predicted octanol–water partition coefficient (Wildman–Crippen LogP) is 2.87. The van der Waals surface area contributed by atoms with Gasteiger partial charge in [-0.1, -0.05) is 48.5 Å². The third-order valence-corrected chi connectivity index (χ3v) is 3.41. The van der Waals surface area contributed by atoms with E-state index in [9.17, 15) is 9.90 Å². The van der Waals surface area contributed by atoms with Crippen molar-refractivity contribution < 1.29 is 14.6 Å². The van der Waals surface area contributed by atoms with Crippen molar-refractivity contribution in [2.75, 3.05) is 6.61 Å². The molecule has 0 unspecified atom stereocenters. The summed E-state index contributed by atoms with van der Waals surface area (Å²) in [7, 11) is 0. The molecule has 0 spiro atoms. The molecule has 2 rings (SSSR count). The molecule has 2 aromatic carbocycles. The summed E-state index contributed by atoms with van der Waals surface area (Å²) in [5, 5.41) is 12.4. The molecule has 0 aliphatic heterocycles. The fourth-order valence-electron chi connectivity index (χ4n) is 2.36. The van der Waals surface area contributed by atoms with Gasteiger partial charge in [-0.05, 0) is 25.5 Å². The van der Waals surface area contributed by atoms with Crippen LogP contribution in [-0.4, -0.2) is 23.7 Å². The van der Waals surface area contributed by atoms with Gasteiger partial charge in [-0.25, -0.2) is 0 Å². The Bertz CT molecular complexity index is 626. The number of hydrogen-bond donors (Lipinski definition) is 2. The zero-order chi connectivity index (χ0) is 16.7. The Labute approximate surface area is 137 Å². The van der Waals surface area contributed by atoms with E-state index in [2.05, 4.69) is 5.32 Å². The van der Waals surface area contributed by atoms with Crippen molar-refractivity contribution in [1.82, 2.24) is 5.32 Å². The molecule has 4 nitrogen and oxygen atoms in total. The molecule has 0 saturated carbocycles. The van der Waals surface area contributed by atoms with Crippen molar-refractivity contribution in [2.24, 2.45) is 0 Å². The van der Waals surface area contributed by atoms with Gasteiger partial charge in [-0.15, -0.1) is 0 Å². The first-order valence-corrected chi connectivity index (χ1v) is 7.80. The van der Waals surface area contributed by atoms with Gasteiger partial charge in [0.25, 0.3) is 0 Å². The van der Waals surface area contributed by atoms with Gasteiger partial charge >= 0.3 is 0 Å². The molecule has 1 atom stereocenters. The molecule has 2 N–H and O–H groups in total. The zero-order valence-corrected chi connectivity index (χ0v) is 13.5. The zero-order valence-electron chi connectivity index (χ0n) is 13.5. The third kappa shape index (κ3) is 5.11. The van der Waals surface area contributed by atoms with Crippen molar-refractivity contribution in [1.29, 1.82) is 0 Å². The highest BCUT2D eigenvalue weighted by molar-refractivity contribution is 5.79. The molecule has 0 saturated heterocycles. The van der Waals surface area contributed by atoms with Gasteiger partial charge in [0.15, 0.2) is 0 Å². The second-order valence-corrected chi connectivity index (χ2v) is 5.66. The summed E-state index contributed by atoms with van der Waals surface area (Å²) in [6.45, 7) is 3.77. The highest BCUT2D eigenvalue weighted by atomic mass is 16.5. The average Bonchev–Trinajstić information content (AvgIpc) is 2.55. The lowest BCUT2D eigenvalue weighted by molar-refractivity contribution is -0.121. The normalized spacial score (nSPS) is 12.0. The number of aliphatic hydroxyl groups is 1. The molecular formula is C19H23NO3. The van der Waals surface area contributed by atoms with Gasteiger partial charge < -0.3 is 15.2 Å². The average molecular weight is 313 g/mol. The van der Waals surface area contributed by atoms with Gasteiger partial charge in [0.2, 0.25) is 5.91 Å². The molecular weight excluding hydrogens is 290 g/mol. The lowest BCUT2D eigenvalue weighted by Crippen LogP contribution is -2.32. The minimum absolute atomic E-state index is 0.0497. The Morgan fingerprint density at radius 2 is 1.74 bits per heavy atom. The van der Waals surface area contributed by atoms with E-state index in [1.165, 1.54) is 0 Å². The van der Waals surface area contributed by atoms with Crippen LogP contribution in [0.4, 0.5) is 0 Å². The van der Waals surface area contributed by atoms with Gasteiger partial charge in [-0.3, -0.25) is 4.79 Å². The van der Waals surface area contributed by atoms with Crippen LogP contribution >= 0.6 is 0 Å². The van der Waals surface area contributed by atoms with E-state index in [0.29, 0.717) is 0 Å². The van der Waals surface area contributed by atoms with Crippen LogP contribution in [0.1, 0.15) is 31.0 Å². The Hall–Kier alpha value is -2.33. The number of aliphatic hydroxyl groups excluding tert-OH is 1. The quantitative estimate of drug-likeness (QED) is 0.826. The van der Waals surface area contributed by atoms with Crippen LogP contribution in [0.25, 0.3) is 0 Å². The molecule has 0 fully saturated rings. The van der Waals surface area contributed by atoms with Crippen LogP contribution in [0.3, 0.4) is 0 Å². The number of ether oxygens (including phenoxy) is 1. The monoisotopic (exact) mass is 313 g/mol. The Kier molecular flexibility index (Phi) is 6.18. The SMILES string of the molecule is CC(C)Oc1ccccc1CC(=O)N[C@H](CO)c1ccccc1. The fraction of sp³-hybridized carbons (Fsp3) is 0.316. The lowest BCUT2D eigenvalue weighted by Gasteiger charge is -2.18. The highest BCUT2D eigenvalue weighted by Crippen LogP contribution is 2.20. The summed E-state index contributed by atoms with van der Waals surface area (Å²) in [5.74, 6) is 0.575. The topological polar surface area (TPSA) is 58.6 Å². The number of carbonyl (C=O) groups excluding carboxylic acids is 1. The van der Waals surface area contributed by atoms with E-state index < -0.39 is 6.04 Å². The van der Waals surface area contributed by atoms with E-state index in [4.69, 9.17) is 4.74 Å². The van der Waals surface area contributed by atoms with Crippen molar-refractivity contribution in [3.8, 4) is 5.75 Å². The van der Waals surface area contributed by atoms with Gasteiger partial charge in [-0.2, -0.15) is 0 Å². The maximum Gasteiger partial charge on any atom is 0.225 e. The van der Waals surface area contributed by atoms with Crippen molar-refractivity contribution >= 4 is 5.91 Å². The number of carbonyl (C=O) groups is 1. The standard InChI is InChI=1S/C19H23NO3/c1-14(2)23-18-11-7-6-10-16(18)12-19(22)20-17(13-21)15-8-4-3-5-9-15/h3-11,14,17,21H,12-13H2,1-2H3,(H,20,22)/t17-/m1/s1. The minimum atomic E-state index is -0.401. The van der Waals surface area contributed by atoms with Crippen LogP contribution in [0, 0.1) is 0 Å². The summed E-state index contributed by atoms with van der Waals surface area (Å²) in [6, 6.07) is 16.6. The largest absolute Gasteiger partial charge is 0.491 e. The number of hydrogen-bond acceptors (Lipinski definition) is 3. The summed E-state index contributed by atoms with van der Waals surface area (Å²) < 4.78 is 5.73. The third-order valence-electron chi connectivity index (χ3n) is 3.41. The first-order chi connectivity index (χ1) is 11.1. The van der Waals surface area contributed by atoms with E-state index >= 15 is 0 Å². The summed E-state index contributed by atoms with van der Waals surface area (Å²) in [6.07, 6.45) is 0.264. The lowest BCUT2D eigenvalue weighted by atomic mass is 10.1. The smallest absolute Gasteiger partial charge is 0.225 e. The number of amides is 1. The molecule has 4 heteroatoms. The molecule has 2 aromatic rings. The first-order valence-electron chi connectivity index (χ1n) is 7.80. The minimum Gasteiger partial charge on any atom is -0.491 e. The van der Waals surface area contributed by atoms with Crippen LogP contribution in [0.15, 0.2) is 54.6 Å². The molecule has 122 valence electrons. The maximum absolute atomic E-state index is 12.3. The molecule has 0 radical (unpaired) electrons.